The number of aliphatic hydroxyl groups excluding tert-OH is 1. The van der Waals surface area contributed by atoms with E-state index in [0.717, 1.165) is 10.4 Å². The molecule has 6 aromatic rings. The summed E-state index contributed by atoms with van der Waals surface area (Å²) in [6.45, 7) is 5.17. The number of likely N-dealkylation sites (N-methyl/N-ethyl adjacent to an activating group) is 2. The van der Waals surface area contributed by atoms with Crippen LogP contribution in [0.15, 0.2) is 103 Å². The zero-order chi connectivity index (χ0) is 67.6. The van der Waals surface area contributed by atoms with Gasteiger partial charge in [-0.05, 0) is 92.3 Å². The van der Waals surface area contributed by atoms with Crippen molar-refractivity contribution in [2.45, 2.75) is 146 Å². The number of benzene rings is 3. The van der Waals surface area contributed by atoms with Crippen LogP contribution in [0.25, 0.3) is 21.8 Å². The number of aromatic amines is 3. The fourth-order valence-corrected chi connectivity index (χ4v) is 11.8. The van der Waals surface area contributed by atoms with Crippen LogP contribution in [0, 0.1) is 5.92 Å². The second kappa shape index (κ2) is 32.8. The van der Waals surface area contributed by atoms with Crippen LogP contribution in [0.2, 0.25) is 0 Å². The maximum Gasteiger partial charge on any atom is 0.245 e. The van der Waals surface area contributed by atoms with Crippen molar-refractivity contribution in [1.82, 2.24) is 72.3 Å². The molecule has 94 heavy (non-hydrogen) atoms. The summed E-state index contributed by atoms with van der Waals surface area (Å²) in [5.41, 5.74) is 14.7. The number of amides is 10. The molecule has 502 valence electrons. The minimum atomic E-state index is -1.73. The Bertz CT molecular complexity index is 3680. The van der Waals surface area contributed by atoms with Gasteiger partial charge in [-0.3, -0.25) is 52.9 Å². The number of nitrogens with zero attached hydrogens (tertiary/aromatic N) is 4. The first kappa shape index (κ1) is 69.6. The van der Waals surface area contributed by atoms with Crippen LogP contribution in [0.4, 0.5) is 0 Å². The smallest absolute Gasteiger partial charge is 0.245 e. The number of imidazole rings is 1. The number of likely N-dealkylation sites (tertiary alicyclic amines) is 1. The molecule has 0 bridgehead atoms. The van der Waals surface area contributed by atoms with Crippen molar-refractivity contribution in [3.05, 3.63) is 120 Å². The fourth-order valence-electron chi connectivity index (χ4n) is 11.8. The van der Waals surface area contributed by atoms with Crippen LogP contribution in [0.1, 0.15) is 88.1 Å². The van der Waals surface area contributed by atoms with Crippen LogP contribution in [0.3, 0.4) is 0 Å². The molecule has 29 heteroatoms. The lowest BCUT2D eigenvalue weighted by molar-refractivity contribution is -0.144. The van der Waals surface area contributed by atoms with Crippen molar-refractivity contribution in [1.29, 1.82) is 0 Å². The van der Waals surface area contributed by atoms with E-state index >= 15 is 14.4 Å². The quantitative estimate of drug-likeness (QED) is 0.0145. The lowest BCUT2D eigenvalue weighted by Gasteiger charge is -2.32. The summed E-state index contributed by atoms with van der Waals surface area (Å²) in [5, 5.41) is 44.9. The third kappa shape index (κ3) is 18.5. The predicted octanol–water partition coefficient (Wildman–Crippen LogP) is -0.418. The number of fused-ring (bicyclic) bond motifs is 2. The lowest BCUT2D eigenvalue weighted by atomic mass is 9.99. The number of guanidine groups is 1. The minimum absolute atomic E-state index is 0.0652. The fraction of sp³-hybridized carbons (Fsp3) is 0.446. The molecular formula is C65H85N17O12. The maximum atomic E-state index is 15.2. The van der Waals surface area contributed by atoms with Gasteiger partial charge in [0.15, 0.2) is 5.96 Å². The maximum absolute atomic E-state index is 15.2. The van der Waals surface area contributed by atoms with Crippen LogP contribution in [-0.2, 0) is 73.6 Å². The summed E-state index contributed by atoms with van der Waals surface area (Å²) in [5.74, 6) is -7.43. The van der Waals surface area contributed by atoms with Crippen molar-refractivity contribution >= 4 is 86.8 Å². The number of para-hydroxylation sites is 2. The number of hydrogen-bond acceptors (Lipinski definition) is 14. The number of nitrogens with one attached hydrogen (secondary N) is 11. The van der Waals surface area contributed by atoms with E-state index in [2.05, 4.69) is 67.5 Å². The number of carbonyl (C=O) groups excluding carboxylic acids is 10. The highest BCUT2D eigenvalue weighted by atomic mass is 16.3. The highest BCUT2D eigenvalue weighted by molar-refractivity contribution is 6.00. The first-order chi connectivity index (χ1) is 45.1. The van der Waals surface area contributed by atoms with Gasteiger partial charge in [0, 0.05) is 105 Å². The third-order valence-electron chi connectivity index (χ3n) is 16.8. The van der Waals surface area contributed by atoms with Crippen molar-refractivity contribution < 1.29 is 58.2 Å². The van der Waals surface area contributed by atoms with Gasteiger partial charge in [-0.15, -0.1) is 0 Å². The van der Waals surface area contributed by atoms with E-state index in [1.807, 2.05) is 50.2 Å². The Balaban J connectivity index is 1.07. The Morgan fingerprint density at radius 1 is 0.702 bits per heavy atom. The average molecular weight is 1300 g/mol. The topological polar surface area (TPSA) is 439 Å². The lowest BCUT2D eigenvalue weighted by Crippen LogP contribution is -2.62. The first-order valence-corrected chi connectivity index (χ1v) is 31.6. The Morgan fingerprint density at radius 3 is 1.86 bits per heavy atom. The highest BCUT2D eigenvalue weighted by Crippen LogP contribution is 2.24. The summed E-state index contributed by atoms with van der Waals surface area (Å²) >= 11 is 0. The number of phenolic OH excluding ortho intramolecular Hbond substituents is 1. The number of aromatic nitrogens is 4. The molecule has 5 heterocycles. The second-order valence-electron chi connectivity index (χ2n) is 24.1. The number of aliphatic hydroxyl groups is 1. The van der Waals surface area contributed by atoms with Crippen LogP contribution in [-0.4, -0.2) is 193 Å². The van der Waals surface area contributed by atoms with E-state index < -0.39 is 108 Å². The predicted molar refractivity (Wildman–Crippen MR) is 347 cm³/mol. The molecule has 0 spiro atoms. The Hall–Kier alpha value is -10.3. The van der Waals surface area contributed by atoms with Gasteiger partial charge in [0.2, 0.25) is 59.1 Å². The van der Waals surface area contributed by atoms with E-state index in [-0.39, 0.29) is 100 Å². The van der Waals surface area contributed by atoms with Gasteiger partial charge < -0.3 is 89.0 Å². The zero-order valence-electron chi connectivity index (χ0n) is 53.0. The molecule has 10 amide bonds. The molecule has 0 saturated carbocycles. The Labute approximate surface area is 542 Å². The minimum Gasteiger partial charge on any atom is -0.508 e. The average Bonchev–Trinajstić information content (AvgIpc) is 1.57. The number of phenols is 1. The van der Waals surface area contributed by atoms with Crippen molar-refractivity contribution in [3.8, 4) is 5.75 Å². The van der Waals surface area contributed by atoms with Crippen molar-refractivity contribution in [2.24, 2.45) is 22.4 Å². The third-order valence-corrected chi connectivity index (χ3v) is 16.8. The highest BCUT2D eigenvalue weighted by Gasteiger charge is 2.41. The summed E-state index contributed by atoms with van der Waals surface area (Å²) in [6.07, 6.45) is 7.15. The molecule has 9 atom stereocenters. The van der Waals surface area contributed by atoms with Crippen LogP contribution >= 0.6 is 0 Å². The number of carbonyl (C=O) groups is 10. The van der Waals surface area contributed by atoms with E-state index in [0.29, 0.717) is 58.1 Å². The standard InChI is InChI=1S/C65H85N17O12/c1-5-69-61(91)53-17-11-25-82(53)64(94)47(16-10-24-70-65(66)67)75-57(87)48(26-36(2)3)76-59(89)50(28-38-31-71-44-14-8-6-12-42(38)44)77-58(88)49(27-37-18-20-41(84)21-19-37)79-62(92)54(34-83)81(4)63(93)52(29-39-32-72-45-15-9-7-13-43(39)45)80-60(90)51(30-40-33-68-35-73-40)78-56(86)46-22-23-55(85)74-46/h6-9,12-15,18-21,31-33,35-36,46-54,71-72,83-84H,5,10-11,16-17,22-30,34H2,1-4H3,(H,68,73)(H,69,91)(H,74,85)(H,75,87)(H,76,89)(H,77,88)(H,78,86)(H,79,92)(H,80,90)(H4,66,67,70). The first-order valence-electron chi connectivity index (χ1n) is 31.6. The molecule has 2 saturated heterocycles. The second-order valence-corrected chi connectivity index (χ2v) is 24.1. The SMILES string of the molecule is CCNC(=O)C1CCCN1C(=O)C(CCCN=C(N)N)NC(=O)C(CC(C)C)NC(=O)C(Cc1c[nH]c2ccccc12)NC(=O)C(Cc1ccc(O)cc1)NC(=O)C(CO)N(C)C(=O)C(Cc1c[nH]c2ccccc12)NC(=O)C(Cc1cnc[nH]1)NC(=O)C1CCC(=O)N1. The number of hydrogen-bond donors (Lipinski definition) is 15. The molecule has 3 aromatic heterocycles. The van der Waals surface area contributed by atoms with Gasteiger partial charge >= 0.3 is 0 Å². The van der Waals surface area contributed by atoms with E-state index in [1.165, 1.54) is 48.7 Å². The summed E-state index contributed by atoms with van der Waals surface area (Å²) in [7, 11) is 1.24. The van der Waals surface area contributed by atoms with E-state index in [1.54, 1.807) is 31.5 Å². The molecule has 3 aromatic carbocycles. The number of aliphatic imine (C=N–C) groups is 1. The molecule has 9 unspecified atom stereocenters. The van der Waals surface area contributed by atoms with E-state index in [4.69, 9.17) is 11.5 Å². The molecular weight excluding hydrogens is 1210 g/mol. The molecule has 2 fully saturated rings. The molecule has 0 radical (unpaired) electrons. The van der Waals surface area contributed by atoms with Gasteiger partial charge in [-0.25, -0.2) is 4.98 Å². The number of aromatic hydroxyl groups is 1. The zero-order valence-corrected chi connectivity index (χ0v) is 53.0. The summed E-state index contributed by atoms with van der Waals surface area (Å²) in [4.78, 5) is 162. The van der Waals surface area contributed by atoms with Gasteiger partial charge in [-0.1, -0.05) is 62.4 Å². The largest absolute Gasteiger partial charge is 0.508 e. The molecule has 2 aliphatic heterocycles. The van der Waals surface area contributed by atoms with Gasteiger partial charge in [-0.2, -0.15) is 0 Å². The van der Waals surface area contributed by atoms with Gasteiger partial charge in [0.25, 0.3) is 0 Å². The summed E-state index contributed by atoms with van der Waals surface area (Å²) < 4.78 is 0. The molecule has 8 rings (SSSR count). The van der Waals surface area contributed by atoms with Gasteiger partial charge in [0.05, 0.1) is 12.9 Å². The molecule has 29 nitrogen and oxygen atoms in total. The van der Waals surface area contributed by atoms with Crippen molar-refractivity contribution in [3.63, 3.8) is 0 Å². The molecule has 2 aliphatic rings. The molecule has 0 aliphatic carbocycles. The van der Waals surface area contributed by atoms with E-state index in [9.17, 15) is 43.8 Å². The van der Waals surface area contributed by atoms with Gasteiger partial charge in [0.1, 0.15) is 60.1 Å². The monoisotopic (exact) mass is 1300 g/mol. The van der Waals surface area contributed by atoms with Crippen LogP contribution in [0.5, 0.6) is 5.75 Å². The normalized spacial score (nSPS) is 16.7. The molecule has 17 N–H and O–H groups in total. The van der Waals surface area contributed by atoms with Crippen LogP contribution < -0.4 is 54.0 Å². The number of nitrogens with two attached hydrogens (primary N) is 2. The van der Waals surface area contributed by atoms with Crippen molar-refractivity contribution in [2.75, 3.05) is 33.3 Å². The number of rotatable bonds is 32. The summed E-state index contributed by atoms with van der Waals surface area (Å²) in [6, 6.07) is 8.56. The number of H-pyrrole nitrogens is 3. The Kier molecular flexibility index (Phi) is 24.3. The Morgan fingerprint density at radius 2 is 1.28 bits per heavy atom.